The van der Waals surface area contributed by atoms with E-state index in [9.17, 15) is 19.8 Å². The monoisotopic (exact) mass is 622 g/mol. The van der Waals surface area contributed by atoms with E-state index >= 15 is 0 Å². The highest BCUT2D eigenvalue weighted by atomic mass is 16.3. The molecule has 238 valence electrons. The van der Waals surface area contributed by atoms with Crippen LogP contribution in [0.4, 0.5) is 0 Å². The van der Waals surface area contributed by atoms with Gasteiger partial charge >= 0.3 is 0 Å². The second kappa shape index (κ2) is 12.0. The normalized spacial score (nSPS) is 17.3. The third-order valence-corrected chi connectivity index (χ3v) is 9.03. The SMILES string of the molecule is CCC(=O)N(N(C1(c2ncc(-c3ccc(CO)nc3)cn2)CC1)[C@](C)(N)C(N)=O)C1(c2ccc(-c3ccc(CO)cc3)cn2)CC1. The summed E-state index contributed by atoms with van der Waals surface area (Å²) in [6.45, 7) is 3.11. The van der Waals surface area contributed by atoms with Crippen molar-refractivity contribution < 1.29 is 19.8 Å². The Kier molecular flexibility index (Phi) is 8.15. The number of aliphatic hydroxyl groups excluding tert-OH is 2. The van der Waals surface area contributed by atoms with E-state index in [0.29, 0.717) is 42.9 Å². The molecule has 46 heavy (non-hydrogen) atoms. The predicted octanol–water partition coefficient (Wildman–Crippen LogP) is 2.88. The van der Waals surface area contributed by atoms with Crippen molar-refractivity contribution in [3.8, 4) is 22.3 Å². The fourth-order valence-corrected chi connectivity index (χ4v) is 6.03. The predicted molar refractivity (Wildman–Crippen MR) is 169 cm³/mol. The van der Waals surface area contributed by atoms with Gasteiger partial charge in [-0.1, -0.05) is 43.3 Å². The number of carbonyl (C=O) groups is 2. The Balaban J connectivity index is 1.39. The highest BCUT2D eigenvalue weighted by Gasteiger charge is 2.66. The van der Waals surface area contributed by atoms with E-state index in [-0.39, 0.29) is 25.5 Å². The number of pyridine rings is 2. The van der Waals surface area contributed by atoms with Crippen LogP contribution in [0.1, 0.15) is 68.7 Å². The number of hydrogen-bond donors (Lipinski definition) is 4. The minimum atomic E-state index is -1.77. The number of aliphatic hydroxyl groups is 2. The molecule has 2 aliphatic carbocycles. The summed E-state index contributed by atoms with van der Waals surface area (Å²) >= 11 is 0. The zero-order chi connectivity index (χ0) is 32.7. The molecule has 1 aromatic carbocycles. The van der Waals surface area contributed by atoms with Crippen LogP contribution in [0, 0.1) is 0 Å². The van der Waals surface area contributed by atoms with Crippen molar-refractivity contribution in [3.05, 3.63) is 96.1 Å². The summed E-state index contributed by atoms with van der Waals surface area (Å²) in [5.41, 5.74) is 14.6. The standard InChI is InChI=1S/C34H38N8O4/c1-3-29(45)41(33(12-13-33)28-11-9-24(17-38-28)23-6-4-22(20-43)5-7-23)42(32(2,36)30(35)46)34(14-15-34)31-39-18-26(19-40-31)25-8-10-27(21-44)37-16-25/h4-11,16-19,43-44H,3,12-15,20-21,36H2,1-2H3,(H2,35,46)/t32-/m0/s1. The van der Waals surface area contributed by atoms with Gasteiger partial charge in [0, 0.05) is 47.9 Å². The van der Waals surface area contributed by atoms with Crippen LogP contribution in [0.25, 0.3) is 22.3 Å². The number of hydrogen-bond acceptors (Lipinski definition) is 10. The van der Waals surface area contributed by atoms with E-state index in [1.54, 1.807) is 47.8 Å². The molecule has 6 rings (SSSR count). The first-order valence-electron chi connectivity index (χ1n) is 15.4. The third kappa shape index (κ3) is 5.43. The molecule has 3 aromatic heterocycles. The number of nitrogens with two attached hydrogens (primary N) is 2. The largest absolute Gasteiger partial charge is 0.392 e. The lowest BCUT2D eigenvalue weighted by molar-refractivity contribution is -0.197. The highest BCUT2D eigenvalue weighted by molar-refractivity contribution is 5.85. The van der Waals surface area contributed by atoms with Crippen molar-refractivity contribution in [1.29, 1.82) is 0 Å². The van der Waals surface area contributed by atoms with Crippen LogP contribution in [0.15, 0.2) is 73.3 Å². The maximum atomic E-state index is 14.0. The number of primary amides is 1. The maximum absolute atomic E-state index is 14.0. The van der Waals surface area contributed by atoms with Gasteiger partial charge in [-0.2, -0.15) is 5.01 Å². The van der Waals surface area contributed by atoms with Gasteiger partial charge in [0.15, 0.2) is 5.66 Å². The quantitative estimate of drug-likeness (QED) is 0.135. The van der Waals surface area contributed by atoms with Crippen molar-refractivity contribution in [2.75, 3.05) is 0 Å². The summed E-state index contributed by atoms with van der Waals surface area (Å²) in [5, 5.41) is 22.0. The van der Waals surface area contributed by atoms with Crippen LogP contribution in [0.3, 0.4) is 0 Å². The Bertz CT molecular complexity index is 1720. The lowest BCUT2D eigenvalue weighted by atomic mass is 10.0. The van der Waals surface area contributed by atoms with Gasteiger partial charge in [-0.3, -0.25) is 24.6 Å². The Morgan fingerprint density at radius 3 is 1.83 bits per heavy atom. The van der Waals surface area contributed by atoms with Crippen LogP contribution >= 0.6 is 0 Å². The minimum absolute atomic E-state index is 0.0312. The number of rotatable bonds is 12. The number of nitrogens with zero attached hydrogens (tertiary/aromatic N) is 6. The van der Waals surface area contributed by atoms with Crippen molar-refractivity contribution in [1.82, 2.24) is 30.0 Å². The van der Waals surface area contributed by atoms with Crippen LogP contribution in [0.2, 0.25) is 0 Å². The zero-order valence-corrected chi connectivity index (χ0v) is 25.9. The van der Waals surface area contributed by atoms with E-state index in [1.807, 2.05) is 42.5 Å². The topological polar surface area (TPSA) is 185 Å². The molecule has 2 aliphatic rings. The summed E-state index contributed by atoms with van der Waals surface area (Å²) in [6.07, 6.45) is 9.29. The molecule has 1 atom stereocenters. The molecule has 2 amide bonds. The second-order valence-corrected chi connectivity index (χ2v) is 12.2. The molecule has 0 aliphatic heterocycles. The van der Waals surface area contributed by atoms with Crippen LogP contribution in [0.5, 0.6) is 0 Å². The molecule has 6 N–H and O–H groups in total. The van der Waals surface area contributed by atoms with Gasteiger partial charge in [-0.15, -0.1) is 0 Å². The molecule has 0 unspecified atom stereocenters. The Labute approximate surface area is 267 Å². The lowest BCUT2D eigenvalue weighted by Crippen LogP contribution is -2.72. The minimum Gasteiger partial charge on any atom is -0.392 e. The zero-order valence-electron chi connectivity index (χ0n) is 25.9. The van der Waals surface area contributed by atoms with E-state index in [2.05, 4.69) is 4.98 Å². The van der Waals surface area contributed by atoms with Crippen LogP contribution < -0.4 is 11.5 Å². The Hall–Kier alpha value is -4.62. The highest BCUT2D eigenvalue weighted by Crippen LogP contribution is 2.59. The van der Waals surface area contributed by atoms with Crippen LogP contribution in [-0.4, -0.2) is 57.6 Å². The van der Waals surface area contributed by atoms with Gasteiger partial charge in [-0.25, -0.2) is 9.97 Å². The number of benzene rings is 1. The molecule has 3 heterocycles. The summed E-state index contributed by atoms with van der Waals surface area (Å²) in [4.78, 5) is 45.5. The van der Waals surface area contributed by atoms with E-state index in [0.717, 1.165) is 27.8 Å². The van der Waals surface area contributed by atoms with Crippen molar-refractivity contribution in [2.24, 2.45) is 11.5 Å². The molecule has 0 saturated heterocycles. The molecule has 0 spiro atoms. The lowest BCUT2D eigenvalue weighted by Gasteiger charge is -2.50. The molecule has 12 nitrogen and oxygen atoms in total. The Morgan fingerprint density at radius 2 is 1.35 bits per heavy atom. The van der Waals surface area contributed by atoms with E-state index < -0.39 is 22.6 Å². The first kappa shape index (κ1) is 31.4. The maximum Gasteiger partial charge on any atom is 0.253 e. The molecule has 0 radical (unpaired) electrons. The average Bonchev–Trinajstić information content (AvgIpc) is 4.03. The smallest absolute Gasteiger partial charge is 0.253 e. The van der Waals surface area contributed by atoms with Gasteiger partial charge < -0.3 is 21.7 Å². The van der Waals surface area contributed by atoms with Crippen molar-refractivity contribution in [3.63, 3.8) is 0 Å². The van der Waals surface area contributed by atoms with Gasteiger partial charge in [0.2, 0.25) is 5.91 Å². The number of aromatic nitrogens is 4. The molecule has 12 heteroatoms. The van der Waals surface area contributed by atoms with Crippen molar-refractivity contribution in [2.45, 2.75) is 75.9 Å². The molecule has 0 bridgehead atoms. The fourth-order valence-electron chi connectivity index (χ4n) is 6.03. The summed E-state index contributed by atoms with van der Waals surface area (Å²) in [5.74, 6) is -0.586. The van der Waals surface area contributed by atoms with E-state index in [4.69, 9.17) is 26.4 Å². The van der Waals surface area contributed by atoms with Crippen LogP contribution in [-0.2, 0) is 33.9 Å². The van der Waals surface area contributed by atoms with E-state index in [1.165, 1.54) is 6.92 Å². The molecule has 2 fully saturated rings. The number of hydrazine groups is 1. The summed E-state index contributed by atoms with van der Waals surface area (Å²) < 4.78 is 0. The summed E-state index contributed by atoms with van der Waals surface area (Å²) in [6, 6.07) is 15.0. The molecular formula is C34H38N8O4. The number of amides is 2. The van der Waals surface area contributed by atoms with Gasteiger partial charge in [0.1, 0.15) is 16.9 Å². The molecule has 4 aromatic rings. The second-order valence-electron chi connectivity index (χ2n) is 12.2. The van der Waals surface area contributed by atoms with Crippen molar-refractivity contribution >= 4 is 11.8 Å². The summed E-state index contributed by atoms with van der Waals surface area (Å²) in [7, 11) is 0. The van der Waals surface area contributed by atoms with Gasteiger partial charge in [-0.05, 0) is 55.9 Å². The molecule has 2 saturated carbocycles. The first-order chi connectivity index (χ1) is 22.1. The first-order valence-corrected chi connectivity index (χ1v) is 15.4. The third-order valence-electron chi connectivity index (χ3n) is 9.03. The van der Waals surface area contributed by atoms with Gasteiger partial charge in [0.05, 0.1) is 24.6 Å². The molecular weight excluding hydrogens is 584 g/mol. The fraction of sp³-hybridized carbons (Fsp3) is 0.353. The number of carbonyl (C=O) groups excluding carboxylic acids is 2. The Morgan fingerprint density at radius 1 is 0.783 bits per heavy atom. The van der Waals surface area contributed by atoms with Gasteiger partial charge in [0.25, 0.3) is 5.91 Å². The average molecular weight is 623 g/mol.